The summed E-state index contributed by atoms with van der Waals surface area (Å²) < 4.78 is 10.9. The molecule has 5 heteroatoms. The van der Waals surface area contributed by atoms with Gasteiger partial charge in [0.15, 0.2) is 5.78 Å². The number of esters is 1. The molecular formula is C20H23NO4. The number of ether oxygens (including phenoxy) is 2. The normalized spacial score (nSPS) is 10.2. The average molecular weight is 341 g/mol. The van der Waals surface area contributed by atoms with Crippen LogP contribution in [-0.4, -0.2) is 32.5 Å². The number of benzene rings is 2. The molecule has 0 radical (unpaired) electrons. The zero-order valence-electron chi connectivity index (χ0n) is 15.0. The molecule has 0 spiro atoms. The van der Waals surface area contributed by atoms with Gasteiger partial charge in [-0.15, -0.1) is 0 Å². The van der Waals surface area contributed by atoms with Gasteiger partial charge in [0.1, 0.15) is 12.4 Å². The molecule has 2 aromatic carbocycles. The van der Waals surface area contributed by atoms with Crippen molar-refractivity contribution in [1.29, 1.82) is 0 Å². The average Bonchev–Trinajstić information content (AvgIpc) is 2.60. The molecular weight excluding hydrogens is 318 g/mol. The Hall–Kier alpha value is -2.82. The van der Waals surface area contributed by atoms with Gasteiger partial charge >= 0.3 is 5.97 Å². The van der Waals surface area contributed by atoms with Gasteiger partial charge in [-0.1, -0.05) is 0 Å². The van der Waals surface area contributed by atoms with Crippen LogP contribution in [0.25, 0.3) is 0 Å². The zero-order valence-corrected chi connectivity index (χ0v) is 15.0. The third kappa shape index (κ3) is 4.83. The van der Waals surface area contributed by atoms with Crippen LogP contribution in [-0.2, 0) is 11.3 Å². The molecule has 0 saturated carbocycles. The molecule has 0 amide bonds. The highest BCUT2D eigenvalue weighted by Crippen LogP contribution is 2.22. The number of ketones is 1. The lowest BCUT2D eigenvalue weighted by Crippen LogP contribution is -2.10. The van der Waals surface area contributed by atoms with Crippen molar-refractivity contribution in [1.82, 2.24) is 0 Å². The van der Waals surface area contributed by atoms with Crippen molar-refractivity contribution >= 4 is 17.4 Å². The summed E-state index contributed by atoms with van der Waals surface area (Å²) in [5, 5.41) is 0. The molecule has 0 fully saturated rings. The van der Waals surface area contributed by atoms with Gasteiger partial charge in [-0.25, -0.2) is 4.79 Å². The fraction of sp³-hybridized carbons (Fsp3) is 0.300. The van der Waals surface area contributed by atoms with Gasteiger partial charge in [-0.3, -0.25) is 4.79 Å². The Bertz CT molecular complexity index is 751. The Balaban J connectivity index is 2.12. The molecule has 0 N–H and O–H groups in total. The van der Waals surface area contributed by atoms with Crippen LogP contribution in [0.2, 0.25) is 0 Å². The lowest BCUT2D eigenvalue weighted by molar-refractivity contribution is 0.0469. The molecule has 2 rings (SSSR count). The highest BCUT2D eigenvalue weighted by Gasteiger charge is 2.12. The van der Waals surface area contributed by atoms with Crippen LogP contribution >= 0.6 is 0 Å². The van der Waals surface area contributed by atoms with Crippen LogP contribution in [0.15, 0.2) is 42.5 Å². The van der Waals surface area contributed by atoms with Crippen molar-refractivity contribution in [2.24, 2.45) is 0 Å². The number of rotatable bonds is 7. The van der Waals surface area contributed by atoms with Crippen LogP contribution in [0.1, 0.15) is 40.1 Å². The van der Waals surface area contributed by atoms with E-state index in [4.69, 9.17) is 9.47 Å². The topological polar surface area (TPSA) is 55.8 Å². The summed E-state index contributed by atoms with van der Waals surface area (Å²) in [7, 11) is 3.87. The number of nitrogens with zero attached hydrogens (tertiary/aromatic N) is 1. The SMILES string of the molecule is CCOc1ccc(C(C)=O)cc1COC(=O)c1ccc(N(C)C)cc1. The molecule has 0 aliphatic rings. The van der Waals surface area contributed by atoms with Crippen molar-refractivity contribution < 1.29 is 19.1 Å². The number of carbonyl (C=O) groups excluding carboxylic acids is 2. The summed E-state index contributed by atoms with van der Waals surface area (Å²) in [6.45, 7) is 3.91. The summed E-state index contributed by atoms with van der Waals surface area (Å²) >= 11 is 0. The summed E-state index contributed by atoms with van der Waals surface area (Å²) in [6.07, 6.45) is 0. The van der Waals surface area contributed by atoms with E-state index in [1.807, 2.05) is 38.1 Å². The van der Waals surface area contributed by atoms with E-state index < -0.39 is 5.97 Å². The molecule has 0 bridgehead atoms. The van der Waals surface area contributed by atoms with Gasteiger partial charge in [-0.05, 0) is 56.3 Å². The second-order valence-corrected chi connectivity index (χ2v) is 5.83. The van der Waals surface area contributed by atoms with Crippen LogP contribution < -0.4 is 9.64 Å². The first kappa shape index (κ1) is 18.5. The molecule has 0 heterocycles. The Labute approximate surface area is 148 Å². The van der Waals surface area contributed by atoms with Crippen molar-refractivity contribution in [3.63, 3.8) is 0 Å². The summed E-state index contributed by atoms with van der Waals surface area (Å²) in [5.74, 6) is 0.152. The minimum atomic E-state index is -0.416. The smallest absolute Gasteiger partial charge is 0.338 e. The minimum absolute atomic E-state index is 0.0463. The lowest BCUT2D eigenvalue weighted by atomic mass is 10.1. The standard InChI is InChI=1S/C20H23NO4/c1-5-24-19-11-8-16(14(2)22)12-17(19)13-25-20(23)15-6-9-18(10-7-15)21(3)4/h6-12H,5,13H2,1-4H3. The van der Waals surface area contributed by atoms with Crippen molar-refractivity contribution in [3.05, 3.63) is 59.2 Å². The molecule has 132 valence electrons. The summed E-state index contributed by atoms with van der Waals surface area (Å²) in [6, 6.07) is 12.3. The Morgan fingerprint density at radius 1 is 1.00 bits per heavy atom. The first-order chi connectivity index (χ1) is 11.9. The predicted molar refractivity (Wildman–Crippen MR) is 97.5 cm³/mol. The summed E-state index contributed by atoms with van der Waals surface area (Å²) in [5.41, 5.74) is 2.72. The monoisotopic (exact) mass is 341 g/mol. The molecule has 0 aliphatic carbocycles. The minimum Gasteiger partial charge on any atom is -0.493 e. The van der Waals surface area contributed by atoms with Gasteiger partial charge in [0.25, 0.3) is 0 Å². The van der Waals surface area contributed by atoms with Crippen LogP contribution in [0.4, 0.5) is 5.69 Å². The molecule has 0 saturated heterocycles. The first-order valence-corrected chi connectivity index (χ1v) is 8.13. The van der Waals surface area contributed by atoms with Gasteiger partial charge in [0, 0.05) is 30.9 Å². The number of hydrogen-bond acceptors (Lipinski definition) is 5. The fourth-order valence-electron chi connectivity index (χ4n) is 2.33. The maximum absolute atomic E-state index is 12.2. The lowest BCUT2D eigenvalue weighted by Gasteiger charge is -2.13. The molecule has 25 heavy (non-hydrogen) atoms. The second-order valence-electron chi connectivity index (χ2n) is 5.83. The zero-order chi connectivity index (χ0) is 18.4. The highest BCUT2D eigenvalue weighted by atomic mass is 16.5. The van der Waals surface area contributed by atoms with E-state index in [0.29, 0.717) is 29.0 Å². The molecule has 0 aromatic heterocycles. The molecule has 0 unspecified atom stereocenters. The molecule has 0 atom stereocenters. The van der Waals surface area contributed by atoms with Gasteiger partial charge in [0.2, 0.25) is 0 Å². The number of Topliss-reactive ketones (excluding diaryl/α,β-unsaturated/α-hetero) is 1. The molecule has 2 aromatic rings. The number of carbonyl (C=O) groups is 2. The van der Waals surface area contributed by atoms with Crippen LogP contribution in [0, 0.1) is 0 Å². The third-order valence-corrected chi connectivity index (χ3v) is 3.75. The largest absolute Gasteiger partial charge is 0.493 e. The van der Waals surface area contributed by atoms with Crippen molar-refractivity contribution in [3.8, 4) is 5.75 Å². The maximum atomic E-state index is 12.2. The van der Waals surface area contributed by atoms with Gasteiger partial charge in [-0.2, -0.15) is 0 Å². The van der Waals surface area contributed by atoms with Gasteiger partial charge in [0.05, 0.1) is 12.2 Å². The fourth-order valence-corrected chi connectivity index (χ4v) is 2.33. The Morgan fingerprint density at radius 3 is 2.20 bits per heavy atom. The maximum Gasteiger partial charge on any atom is 0.338 e. The predicted octanol–water partition coefficient (Wildman–Crippen LogP) is 3.71. The Kier molecular flexibility index (Phi) is 6.17. The van der Waals surface area contributed by atoms with E-state index in [1.54, 1.807) is 30.3 Å². The van der Waals surface area contributed by atoms with Crippen LogP contribution in [0.3, 0.4) is 0 Å². The first-order valence-electron chi connectivity index (χ1n) is 8.13. The molecule has 5 nitrogen and oxygen atoms in total. The van der Waals surface area contributed by atoms with E-state index in [1.165, 1.54) is 6.92 Å². The second kappa shape index (κ2) is 8.33. The van der Waals surface area contributed by atoms with E-state index in [0.717, 1.165) is 5.69 Å². The Morgan fingerprint density at radius 2 is 1.64 bits per heavy atom. The third-order valence-electron chi connectivity index (χ3n) is 3.75. The quantitative estimate of drug-likeness (QED) is 0.567. The highest BCUT2D eigenvalue weighted by molar-refractivity contribution is 5.94. The molecule has 0 aliphatic heterocycles. The van der Waals surface area contributed by atoms with Gasteiger partial charge < -0.3 is 14.4 Å². The van der Waals surface area contributed by atoms with E-state index in [-0.39, 0.29) is 12.4 Å². The number of anilines is 1. The van der Waals surface area contributed by atoms with Crippen molar-refractivity contribution in [2.75, 3.05) is 25.6 Å². The van der Waals surface area contributed by atoms with E-state index in [9.17, 15) is 9.59 Å². The van der Waals surface area contributed by atoms with Crippen molar-refractivity contribution in [2.45, 2.75) is 20.5 Å². The van der Waals surface area contributed by atoms with E-state index >= 15 is 0 Å². The van der Waals surface area contributed by atoms with Crippen LogP contribution in [0.5, 0.6) is 5.75 Å². The van der Waals surface area contributed by atoms with E-state index in [2.05, 4.69) is 0 Å². The number of hydrogen-bond donors (Lipinski definition) is 0. The summed E-state index contributed by atoms with van der Waals surface area (Å²) in [4.78, 5) is 25.8.